The van der Waals surface area contributed by atoms with Crippen LogP contribution < -0.4 is 14.4 Å². The van der Waals surface area contributed by atoms with Crippen LogP contribution >= 0.6 is 0 Å². The Morgan fingerprint density at radius 2 is 1.60 bits per heavy atom. The van der Waals surface area contributed by atoms with Crippen LogP contribution in [0.2, 0.25) is 0 Å². The molecule has 0 saturated carbocycles. The predicted octanol–water partition coefficient (Wildman–Crippen LogP) is 3.56. The van der Waals surface area contributed by atoms with E-state index in [1.165, 1.54) is 20.3 Å². The Morgan fingerprint density at radius 1 is 1.00 bits per heavy atom. The van der Waals surface area contributed by atoms with E-state index in [9.17, 15) is 23.2 Å². The molecule has 0 atom stereocenters. The summed E-state index contributed by atoms with van der Waals surface area (Å²) >= 11 is 0. The molecular weight excluding hydrogens is 399 g/mol. The van der Waals surface area contributed by atoms with Crippen molar-refractivity contribution in [3.63, 3.8) is 0 Å². The number of nitrogens with zero attached hydrogens (tertiary/aromatic N) is 3. The highest BCUT2D eigenvalue weighted by Gasteiger charge is 2.32. The van der Waals surface area contributed by atoms with Gasteiger partial charge < -0.3 is 19.3 Å². The van der Waals surface area contributed by atoms with Gasteiger partial charge >= 0.3 is 6.18 Å². The fourth-order valence-corrected chi connectivity index (χ4v) is 3.34. The summed E-state index contributed by atoms with van der Waals surface area (Å²) in [7, 11) is 3.00. The number of rotatable bonds is 4. The fourth-order valence-electron chi connectivity index (χ4n) is 3.34. The van der Waals surface area contributed by atoms with Crippen LogP contribution in [-0.4, -0.2) is 51.2 Å². The zero-order valence-electron chi connectivity index (χ0n) is 16.5. The van der Waals surface area contributed by atoms with E-state index in [0.717, 1.165) is 12.1 Å². The van der Waals surface area contributed by atoms with Crippen molar-refractivity contribution in [2.45, 2.75) is 6.18 Å². The van der Waals surface area contributed by atoms with Crippen LogP contribution in [0.5, 0.6) is 11.5 Å². The van der Waals surface area contributed by atoms with Crippen molar-refractivity contribution in [1.29, 1.82) is 5.26 Å². The molecule has 1 heterocycles. The van der Waals surface area contributed by atoms with Crippen molar-refractivity contribution >= 4 is 11.6 Å². The number of hydrogen-bond donors (Lipinski definition) is 0. The summed E-state index contributed by atoms with van der Waals surface area (Å²) in [6.45, 7) is 1.52. The minimum Gasteiger partial charge on any atom is -0.497 e. The highest BCUT2D eigenvalue weighted by atomic mass is 19.4. The summed E-state index contributed by atoms with van der Waals surface area (Å²) in [5.74, 6) is 0.805. The molecule has 0 N–H and O–H groups in total. The first-order valence-electron chi connectivity index (χ1n) is 9.15. The van der Waals surface area contributed by atoms with Gasteiger partial charge in [0, 0.05) is 37.8 Å². The second-order valence-corrected chi connectivity index (χ2v) is 6.72. The van der Waals surface area contributed by atoms with Gasteiger partial charge in [-0.05, 0) is 30.3 Å². The number of piperazine rings is 1. The van der Waals surface area contributed by atoms with Gasteiger partial charge in [-0.25, -0.2) is 0 Å². The van der Waals surface area contributed by atoms with Crippen LogP contribution in [0.25, 0.3) is 0 Å². The molecule has 30 heavy (non-hydrogen) atoms. The first kappa shape index (κ1) is 21.3. The van der Waals surface area contributed by atoms with Gasteiger partial charge in [-0.1, -0.05) is 0 Å². The lowest BCUT2D eigenvalue weighted by molar-refractivity contribution is -0.137. The molecule has 2 aromatic carbocycles. The van der Waals surface area contributed by atoms with Crippen molar-refractivity contribution in [2.75, 3.05) is 45.3 Å². The van der Waals surface area contributed by atoms with E-state index in [4.69, 9.17) is 9.47 Å². The van der Waals surface area contributed by atoms with Crippen LogP contribution in [0.1, 0.15) is 21.5 Å². The number of ether oxygens (including phenoxy) is 2. The Morgan fingerprint density at radius 3 is 2.10 bits per heavy atom. The zero-order valence-corrected chi connectivity index (χ0v) is 16.5. The van der Waals surface area contributed by atoms with Gasteiger partial charge in [0.05, 0.1) is 31.0 Å². The van der Waals surface area contributed by atoms with Crippen LogP contribution in [0.15, 0.2) is 36.4 Å². The number of methoxy groups -OCH3 is 2. The van der Waals surface area contributed by atoms with E-state index in [1.54, 1.807) is 23.1 Å². The van der Waals surface area contributed by atoms with E-state index in [1.807, 2.05) is 11.0 Å². The maximum absolute atomic E-state index is 12.9. The number of carbonyl (C=O) groups excluding carboxylic acids is 1. The fraction of sp³-hybridized carbons (Fsp3) is 0.333. The van der Waals surface area contributed by atoms with E-state index in [-0.39, 0.29) is 11.5 Å². The van der Waals surface area contributed by atoms with Crippen molar-refractivity contribution < 1.29 is 27.4 Å². The van der Waals surface area contributed by atoms with Crippen LogP contribution in [0.4, 0.5) is 18.9 Å². The van der Waals surface area contributed by atoms with E-state index >= 15 is 0 Å². The van der Waals surface area contributed by atoms with Crippen molar-refractivity contribution in [3.8, 4) is 17.6 Å². The van der Waals surface area contributed by atoms with Crippen LogP contribution in [0, 0.1) is 11.3 Å². The monoisotopic (exact) mass is 419 g/mol. The molecule has 9 heteroatoms. The molecule has 1 amide bonds. The summed E-state index contributed by atoms with van der Waals surface area (Å²) in [4.78, 5) is 16.3. The standard InChI is InChI=1S/C21H20F3N3O3/c1-29-17-10-14(11-18(12-17)30-2)20(28)27-7-5-26(6-8-27)19-4-3-16(21(22,23)24)9-15(19)13-25/h3-4,9-12H,5-8H2,1-2H3. The summed E-state index contributed by atoms with van der Waals surface area (Å²) < 4.78 is 49.1. The SMILES string of the molecule is COc1cc(OC)cc(C(=O)N2CCN(c3ccc(C(F)(F)F)cc3C#N)CC2)c1. The molecule has 6 nitrogen and oxygen atoms in total. The molecule has 1 aliphatic heterocycles. The number of nitriles is 1. The number of benzene rings is 2. The smallest absolute Gasteiger partial charge is 0.416 e. The Balaban J connectivity index is 1.74. The zero-order chi connectivity index (χ0) is 21.9. The summed E-state index contributed by atoms with van der Waals surface area (Å²) in [6, 6.07) is 9.90. The summed E-state index contributed by atoms with van der Waals surface area (Å²) in [5.41, 5.74) is -0.0433. The van der Waals surface area contributed by atoms with Crippen LogP contribution in [-0.2, 0) is 6.18 Å². The second-order valence-electron chi connectivity index (χ2n) is 6.72. The van der Waals surface area contributed by atoms with Gasteiger partial charge in [0.15, 0.2) is 0 Å². The largest absolute Gasteiger partial charge is 0.497 e. The first-order chi connectivity index (χ1) is 14.3. The Hall–Kier alpha value is -3.41. The van der Waals surface area contributed by atoms with Gasteiger partial charge in [0.25, 0.3) is 5.91 Å². The van der Waals surface area contributed by atoms with Crippen molar-refractivity contribution in [2.24, 2.45) is 0 Å². The number of alkyl halides is 3. The predicted molar refractivity (Wildman–Crippen MR) is 104 cm³/mol. The molecule has 1 fully saturated rings. The Bertz CT molecular complexity index is 955. The van der Waals surface area contributed by atoms with Gasteiger partial charge in [0.1, 0.15) is 17.6 Å². The van der Waals surface area contributed by atoms with Gasteiger partial charge in [-0.2, -0.15) is 18.4 Å². The summed E-state index contributed by atoms with van der Waals surface area (Å²) in [6.07, 6.45) is -4.51. The number of hydrogen-bond acceptors (Lipinski definition) is 5. The first-order valence-corrected chi connectivity index (χ1v) is 9.15. The van der Waals surface area contributed by atoms with Gasteiger partial charge in [-0.15, -0.1) is 0 Å². The Kier molecular flexibility index (Phi) is 6.06. The number of anilines is 1. The molecule has 0 radical (unpaired) electrons. The normalized spacial score (nSPS) is 14.3. The lowest BCUT2D eigenvalue weighted by Gasteiger charge is -2.36. The Labute approximate surface area is 172 Å². The number of amides is 1. The average Bonchev–Trinajstić information content (AvgIpc) is 2.77. The minimum atomic E-state index is -4.51. The molecule has 0 aliphatic carbocycles. The number of carbonyl (C=O) groups is 1. The average molecular weight is 419 g/mol. The molecule has 2 aromatic rings. The van der Waals surface area contributed by atoms with Crippen LogP contribution in [0.3, 0.4) is 0 Å². The minimum absolute atomic E-state index is 0.0397. The van der Waals surface area contributed by atoms with E-state index in [0.29, 0.717) is 48.9 Å². The molecule has 0 spiro atoms. The van der Waals surface area contributed by atoms with Gasteiger partial charge in [-0.3, -0.25) is 4.79 Å². The van der Waals surface area contributed by atoms with Crippen molar-refractivity contribution in [1.82, 2.24) is 4.90 Å². The van der Waals surface area contributed by atoms with Crippen molar-refractivity contribution in [3.05, 3.63) is 53.1 Å². The number of halogens is 3. The second kappa shape index (κ2) is 8.53. The molecule has 3 rings (SSSR count). The molecular formula is C21H20F3N3O3. The summed E-state index contributed by atoms with van der Waals surface area (Å²) in [5, 5.41) is 9.29. The maximum Gasteiger partial charge on any atom is 0.416 e. The molecule has 0 unspecified atom stereocenters. The molecule has 158 valence electrons. The molecule has 0 aromatic heterocycles. The topological polar surface area (TPSA) is 65.8 Å². The molecule has 0 bridgehead atoms. The lowest BCUT2D eigenvalue weighted by atomic mass is 10.1. The highest BCUT2D eigenvalue weighted by Crippen LogP contribution is 2.33. The van der Waals surface area contributed by atoms with Gasteiger partial charge in [0.2, 0.25) is 0 Å². The molecule has 1 aliphatic rings. The maximum atomic E-state index is 12.9. The third kappa shape index (κ3) is 4.43. The highest BCUT2D eigenvalue weighted by molar-refractivity contribution is 5.95. The third-order valence-corrected chi connectivity index (χ3v) is 4.95. The van der Waals surface area contributed by atoms with E-state index in [2.05, 4.69) is 0 Å². The molecule has 1 saturated heterocycles. The lowest BCUT2D eigenvalue weighted by Crippen LogP contribution is -2.49. The quantitative estimate of drug-likeness (QED) is 0.758. The third-order valence-electron chi connectivity index (χ3n) is 4.95. The van der Waals surface area contributed by atoms with E-state index < -0.39 is 11.7 Å².